The second kappa shape index (κ2) is 4.15. The summed E-state index contributed by atoms with van der Waals surface area (Å²) in [6.45, 7) is 5.25. The summed E-state index contributed by atoms with van der Waals surface area (Å²) in [5, 5.41) is 4.04. The molecular formula is C10H14ClN3. The van der Waals surface area contributed by atoms with E-state index in [0.717, 1.165) is 25.5 Å². The van der Waals surface area contributed by atoms with Crippen LogP contribution in [0.15, 0.2) is 18.3 Å². The largest absolute Gasteiger partial charge is 0.351 e. The molecular weight excluding hydrogens is 198 g/mol. The minimum atomic E-state index is 0.498. The van der Waals surface area contributed by atoms with E-state index in [4.69, 9.17) is 11.6 Å². The first kappa shape index (κ1) is 9.74. The number of nitrogens with one attached hydrogen (secondary N) is 1. The van der Waals surface area contributed by atoms with Gasteiger partial charge in [0.1, 0.15) is 5.82 Å². The summed E-state index contributed by atoms with van der Waals surface area (Å²) in [5.74, 6) is 1.02. The fourth-order valence-electron chi connectivity index (χ4n) is 1.72. The molecule has 3 nitrogen and oxygen atoms in total. The Balaban J connectivity index is 2.16. The van der Waals surface area contributed by atoms with Crippen molar-refractivity contribution in [3.63, 3.8) is 0 Å². The Labute approximate surface area is 89.1 Å². The van der Waals surface area contributed by atoms with E-state index in [1.165, 1.54) is 0 Å². The quantitative estimate of drug-likeness (QED) is 0.764. The fourth-order valence-corrected chi connectivity index (χ4v) is 1.83. The summed E-state index contributed by atoms with van der Waals surface area (Å²) in [5.41, 5.74) is 0. The molecule has 1 atom stereocenters. The summed E-state index contributed by atoms with van der Waals surface area (Å²) < 4.78 is 0. The van der Waals surface area contributed by atoms with Crippen molar-refractivity contribution in [2.75, 3.05) is 24.5 Å². The number of anilines is 1. The van der Waals surface area contributed by atoms with Crippen molar-refractivity contribution in [1.82, 2.24) is 10.3 Å². The van der Waals surface area contributed by atoms with E-state index in [0.29, 0.717) is 11.1 Å². The van der Waals surface area contributed by atoms with Gasteiger partial charge in [0.25, 0.3) is 0 Å². The van der Waals surface area contributed by atoms with E-state index < -0.39 is 0 Å². The monoisotopic (exact) mass is 211 g/mol. The van der Waals surface area contributed by atoms with Gasteiger partial charge in [-0.25, -0.2) is 4.98 Å². The Bertz CT molecular complexity index is 299. The highest BCUT2D eigenvalue weighted by Gasteiger charge is 2.18. The van der Waals surface area contributed by atoms with Gasteiger partial charge in [-0.3, -0.25) is 0 Å². The van der Waals surface area contributed by atoms with Crippen LogP contribution in [0.4, 0.5) is 5.82 Å². The predicted molar refractivity (Wildman–Crippen MR) is 58.9 cm³/mol. The molecule has 2 rings (SSSR count). The normalized spacial score (nSPS) is 22.4. The number of rotatable bonds is 1. The first-order chi connectivity index (χ1) is 6.77. The number of piperazine rings is 1. The third-order valence-electron chi connectivity index (χ3n) is 2.51. The van der Waals surface area contributed by atoms with E-state index >= 15 is 0 Å². The van der Waals surface area contributed by atoms with E-state index in [1.54, 1.807) is 6.20 Å². The molecule has 4 heteroatoms. The molecule has 0 spiro atoms. The fraction of sp³-hybridized carbons (Fsp3) is 0.500. The molecule has 0 saturated carbocycles. The van der Waals surface area contributed by atoms with Crippen LogP contribution >= 0.6 is 11.6 Å². The molecule has 0 aliphatic carbocycles. The molecule has 76 valence electrons. The molecule has 0 radical (unpaired) electrons. The number of aromatic nitrogens is 1. The van der Waals surface area contributed by atoms with Gasteiger partial charge in [0.15, 0.2) is 0 Å². The molecule has 1 aromatic rings. The summed E-state index contributed by atoms with van der Waals surface area (Å²) in [7, 11) is 0. The van der Waals surface area contributed by atoms with Crippen LogP contribution in [0.2, 0.25) is 5.02 Å². The lowest BCUT2D eigenvalue weighted by Gasteiger charge is -2.34. The summed E-state index contributed by atoms with van der Waals surface area (Å²) in [6.07, 6.45) is 1.70. The van der Waals surface area contributed by atoms with Gasteiger partial charge in [-0.1, -0.05) is 11.6 Å². The van der Waals surface area contributed by atoms with Gasteiger partial charge in [0, 0.05) is 31.9 Å². The number of hydrogen-bond acceptors (Lipinski definition) is 3. The lowest BCUT2D eigenvalue weighted by atomic mass is 10.2. The van der Waals surface area contributed by atoms with E-state index in [-0.39, 0.29) is 0 Å². The van der Waals surface area contributed by atoms with Crippen LogP contribution in [-0.2, 0) is 0 Å². The Kier molecular flexibility index (Phi) is 2.89. The standard InChI is InChI=1S/C10H14ClN3/c1-8-6-12-4-5-14(8)10-3-2-9(11)7-13-10/h2-3,7-8,12H,4-6H2,1H3/t8-/m0/s1. The highest BCUT2D eigenvalue weighted by atomic mass is 35.5. The van der Waals surface area contributed by atoms with Crippen molar-refractivity contribution in [3.8, 4) is 0 Å². The summed E-state index contributed by atoms with van der Waals surface area (Å²) in [6, 6.07) is 4.36. The smallest absolute Gasteiger partial charge is 0.128 e. The summed E-state index contributed by atoms with van der Waals surface area (Å²) >= 11 is 5.79. The van der Waals surface area contributed by atoms with Gasteiger partial charge in [0.2, 0.25) is 0 Å². The van der Waals surface area contributed by atoms with Crippen LogP contribution in [0.25, 0.3) is 0 Å². The molecule has 1 aromatic heterocycles. The number of pyridine rings is 1. The molecule has 0 aromatic carbocycles. The Hall–Kier alpha value is -0.800. The van der Waals surface area contributed by atoms with Crippen molar-refractivity contribution >= 4 is 17.4 Å². The Morgan fingerprint density at radius 2 is 2.43 bits per heavy atom. The highest BCUT2D eigenvalue weighted by Crippen LogP contribution is 2.17. The zero-order valence-corrected chi connectivity index (χ0v) is 8.96. The SMILES string of the molecule is C[C@H]1CNCCN1c1ccc(Cl)cn1. The van der Waals surface area contributed by atoms with E-state index in [1.807, 2.05) is 12.1 Å². The van der Waals surface area contributed by atoms with Crippen LogP contribution in [0.5, 0.6) is 0 Å². The van der Waals surface area contributed by atoms with Crippen molar-refractivity contribution in [1.29, 1.82) is 0 Å². The molecule has 1 saturated heterocycles. The third-order valence-corrected chi connectivity index (χ3v) is 2.73. The molecule has 14 heavy (non-hydrogen) atoms. The predicted octanol–water partition coefficient (Wildman–Crippen LogP) is 1.53. The van der Waals surface area contributed by atoms with E-state index in [9.17, 15) is 0 Å². The first-order valence-electron chi connectivity index (χ1n) is 4.86. The Morgan fingerprint density at radius 3 is 3.07 bits per heavy atom. The van der Waals surface area contributed by atoms with E-state index in [2.05, 4.69) is 22.1 Å². The molecule has 1 N–H and O–H groups in total. The van der Waals surface area contributed by atoms with Gasteiger partial charge < -0.3 is 10.2 Å². The molecule has 0 unspecified atom stereocenters. The average molecular weight is 212 g/mol. The van der Waals surface area contributed by atoms with Crippen molar-refractivity contribution < 1.29 is 0 Å². The van der Waals surface area contributed by atoms with Crippen LogP contribution < -0.4 is 10.2 Å². The average Bonchev–Trinajstić information content (AvgIpc) is 2.20. The maximum atomic E-state index is 5.79. The lowest BCUT2D eigenvalue weighted by Crippen LogP contribution is -2.50. The summed E-state index contributed by atoms with van der Waals surface area (Å²) in [4.78, 5) is 6.62. The maximum absolute atomic E-state index is 5.79. The zero-order chi connectivity index (χ0) is 9.97. The first-order valence-corrected chi connectivity index (χ1v) is 5.24. The molecule has 0 amide bonds. The molecule has 0 bridgehead atoms. The van der Waals surface area contributed by atoms with Crippen LogP contribution in [0.3, 0.4) is 0 Å². The van der Waals surface area contributed by atoms with Crippen LogP contribution in [0, 0.1) is 0 Å². The second-order valence-electron chi connectivity index (χ2n) is 3.58. The maximum Gasteiger partial charge on any atom is 0.128 e. The third kappa shape index (κ3) is 1.99. The van der Waals surface area contributed by atoms with Gasteiger partial charge in [-0.05, 0) is 19.1 Å². The number of halogens is 1. The second-order valence-corrected chi connectivity index (χ2v) is 4.02. The van der Waals surface area contributed by atoms with Crippen molar-refractivity contribution in [3.05, 3.63) is 23.4 Å². The molecule has 1 aliphatic rings. The van der Waals surface area contributed by atoms with Gasteiger partial charge >= 0.3 is 0 Å². The van der Waals surface area contributed by atoms with Crippen molar-refractivity contribution in [2.45, 2.75) is 13.0 Å². The number of hydrogen-bond donors (Lipinski definition) is 1. The van der Waals surface area contributed by atoms with Crippen LogP contribution in [-0.4, -0.2) is 30.7 Å². The minimum absolute atomic E-state index is 0.498. The highest BCUT2D eigenvalue weighted by molar-refractivity contribution is 6.30. The van der Waals surface area contributed by atoms with Gasteiger partial charge in [0.05, 0.1) is 5.02 Å². The lowest BCUT2D eigenvalue weighted by molar-refractivity contribution is 0.497. The van der Waals surface area contributed by atoms with Crippen molar-refractivity contribution in [2.24, 2.45) is 0 Å². The van der Waals surface area contributed by atoms with Gasteiger partial charge in [-0.2, -0.15) is 0 Å². The number of nitrogens with zero attached hydrogens (tertiary/aromatic N) is 2. The Morgan fingerprint density at radius 1 is 1.57 bits per heavy atom. The zero-order valence-electron chi connectivity index (χ0n) is 8.20. The molecule has 1 fully saturated rings. The topological polar surface area (TPSA) is 28.2 Å². The molecule has 1 aliphatic heterocycles. The van der Waals surface area contributed by atoms with Crippen LogP contribution in [0.1, 0.15) is 6.92 Å². The molecule has 2 heterocycles. The van der Waals surface area contributed by atoms with Gasteiger partial charge in [-0.15, -0.1) is 0 Å². The minimum Gasteiger partial charge on any atom is -0.351 e.